The molecule has 0 spiro atoms. The second kappa shape index (κ2) is 4.63. The number of halogens is 1. The first-order valence-electron chi connectivity index (χ1n) is 3.79. The molecule has 0 unspecified atom stereocenters. The Balaban J connectivity index is 1.91. The summed E-state index contributed by atoms with van der Waals surface area (Å²) in [5.74, 6) is 0. The van der Waals surface area contributed by atoms with E-state index in [1.54, 1.807) is 0 Å². The van der Waals surface area contributed by atoms with Crippen LogP contribution in [0.2, 0.25) is 0 Å². The lowest BCUT2D eigenvalue weighted by atomic mass is 10.4. The van der Waals surface area contributed by atoms with Gasteiger partial charge in [0.05, 0.1) is 6.61 Å². The highest BCUT2D eigenvalue weighted by atomic mass is 19.1. The standard InChI is InChI=1S/C7H14FNO/c8-7-10-6-5-9-3-1-2-4-9/h1-7H2. The molecule has 60 valence electrons. The molecule has 1 heterocycles. The summed E-state index contributed by atoms with van der Waals surface area (Å²) in [4.78, 5) is 2.30. The predicted octanol–water partition coefficient (Wildman–Crippen LogP) is 1.03. The number of hydrogen-bond acceptors (Lipinski definition) is 2. The Morgan fingerprint density at radius 2 is 2.00 bits per heavy atom. The second-order valence-corrected chi connectivity index (χ2v) is 2.57. The van der Waals surface area contributed by atoms with Gasteiger partial charge in [-0.2, -0.15) is 0 Å². The van der Waals surface area contributed by atoms with Crippen molar-refractivity contribution < 1.29 is 9.13 Å². The van der Waals surface area contributed by atoms with Gasteiger partial charge in [0.25, 0.3) is 0 Å². The number of alkyl halides is 1. The van der Waals surface area contributed by atoms with Gasteiger partial charge in [0, 0.05) is 6.54 Å². The molecule has 2 nitrogen and oxygen atoms in total. The van der Waals surface area contributed by atoms with E-state index < -0.39 is 6.86 Å². The molecule has 1 fully saturated rings. The van der Waals surface area contributed by atoms with Gasteiger partial charge in [-0.25, -0.2) is 4.39 Å². The van der Waals surface area contributed by atoms with Crippen molar-refractivity contribution in [1.29, 1.82) is 0 Å². The lowest BCUT2D eigenvalue weighted by Gasteiger charge is -2.12. The third-order valence-electron chi connectivity index (χ3n) is 1.83. The molecule has 0 N–H and O–H groups in total. The summed E-state index contributed by atoms with van der Waals surface area (Å²) < 4.78 is 16.0. The van der Waals surface area contributed by atoms with Crippen molar-refractivity contribution in [3.63, 3.8) is 0 Å². The topological polar surface area (TPSA) is 12.5 Å². The molecule has 0 saturated carbocycles. The number of rotatable bonds is 4. The fourth-order valence-corrected chi connectivity index (χ4v) is 1.25. The highest BCUT2D eigenvalue weighted by Crippen LogP contribution is 2.05. The van der Waals surface area contributed by atoms with E-state index in [1.165, 1.54) is 12.8 Å². The minimum Gasteiger partial charge on any atom is -0.349 e. The van der Waals surface area contributed by atoms with Crippen LogP contribution in [0.5, 0.6) is 0 Å². The van der Waals surface area contributed by atoms with E-state index in [-0.39, 0.29) is 0 Å². The van der Waals surface area contributed by atoms with Gasteiger partial charge < -0.3 is 9.64 Å². The van der Waals surface area contributed by atoms with Gasteiger partial charge in [0.1, 0.15) is 0 Å². The summed E-state index contributed by atoms with van der Waals surface area (Å²) in [5, 5.41) is 0. The average molecular weight is 147 g/mol. The van der Waals surface area contributed by atoms with Crippen molar-refractivity contribution in [2.75, 3.05) is 33.1 Å². The molecule has 0 amide bonds. The van der Waals surface area contributed by atoms with E-state index in [0.29, 0.717) is 6.61 Å². The van der Waals surface area contributed by atoms with Crippen LogP contribution in [0.15, 0.2) is 0 Å². The van der Waals surface area contributed by atoms with Crippen molar-refractivity contribution in [3.05, 3.63) is 0 Å². The Kier molecular flexibility index (Phi) is 3.68. The fraction of sp³-hybridized carbons (Fsp3) is 1.00. The second-order valence-electron chi connectivity index (χ2n) is 2.57. The van der Waals surface area contributed by atoms with Gasteiger partial charge in [0.15, 0.2) is 6.86 Å². The van der Waals surface area contributed by atoms with Gasteiger partial charge in [-0.3, -0.25) is 0 Å². The van der Waals surface area contributed by atoms with Gasteiger partial charge in [0.2, 0.25) is 0 Å². The SMILES string of the molecule is FCOCCN1CCCC1. The maximum absolute atomic E-state index is 11.4. The predicted molar refractivity (Wildman–Crippen MR) is 37.6 cm³/mol. The number of hydrogen-bond donors (Lipinski definition) is 0. The molecular weight excluding hydrogens is 133 g/mol. The average Bonchev–Trinajstić information content (AvgIpc) is 2.41. The first-order valence-corrected chi connectivity index (χ1v) is 3.79. The van der Waals surface area contributed by atoms with Crippen LogP contribution < -0.4 is 0 Å². The lowest BCUT2D eigenvalue weighted by molar-refractivity contribution is 0.0460. The molecule has 0 aliphatic carbocycles. The van der Waals surface area contributed by atoms with Crippen LogP contribution in [-0.2, 0) is 4.74 Å². The Morgan fingerprint density at radius 3 is 2.60 bits per heavy atom. The Hall–Kier alpha value is -0.150. The zero-order valence-corrected chi connectivity index (χ0v) is 6.18. The largest absolute Gasteiger partial charge is 0.349 e. The minimum absolute atomic E-state index is 0.538. The summed E-state index contributed by atoms with van der Waals surface area (Å²) >= 11 is 0. The van der Waals surface area contributed by atoms with Gasteiger partial charge in [-0.1, -0.05) is 0 Å². The molecule has 0 aromatic heterocycles. The molecule has 1 saturated heterocycles. The first-order chi connectivity index (χ1) is 4.93. The molecule has 10 heavy (non-hydrogen) atoms. The van der Waals surface area contributed by atoms with Crippen molar-refractivity contribution in [1.82, 2.24) is 4.90 Å². The van der Waals surface area contributed by atoms with E-state index in [0.717, 1.165) is 19.6 Å². The summed E-state index contributed by atoms with van der Waals surface area (Å²) in [7, 11) is 0. The fourth-order valence-electron chi connectivity index (χ4n) is 1.25. The molecule has 0 atom stereocenters. The van der Waals surface area contributed by atoms with Gasteiger partial charge >= 0.3 is 0 Å². The van der Waals surface area contributed by atoms with Gasteiger partial charge in [-0.05, 0) is 25.9 Å². The number of likely N-dealkylation sites (tertiary alicyclic amines) is 1. The zero-order chi connectivity index (χ0) is 7.23. The molecule has 0 aromatic carbocycles. The van der Waals surface area contributed by atoms with Crippen molar-refractivity contribution in [2.24, 2.45) is 0 Å². The summed E-state index contributed by atoms with van der Waals surface area (Å²) in [6, 6.07) is 0. The van der Waals surface area contributed by atoms with Crippen LogP contribution in [-0.4, -0.2) is 38.0 Å². The Labute approximate surface area is 61.0 Å². The van der Waals surface area contributed by atoms with E-state index in [4.69, 9.17) is 0 Å². The van der Waals surface area contributed by atoms with Crippen LogP contribution in [0.4, 0.5) is 4.39 Å². The van der Waals surface area contributed by atoms with Crippen LogP contribution in [0.1, 0.15) is 12.8 Å². The smallest absolute Gasteiger partial charge is 0.188 e. The summed E-state index contributed by atoms with van der Waals surface area (Å²) in [6.07, 6.45) is 2.57. The third-order valence-corrected chi connectivity index (χ3v) is 1.83. The Morgan fingerprint density at radius 1 is 1.30 bits per heavy atom. The first kappa shape index (κ1) is 7.95. The maximum atomic E-state index is 11.4. The molecular formula is C7H14FNO. The zero-order valence-electron chi connectivity index (χ0n) is 6.18. The van der Waals surface area contributed by atoms with E-state index in [1.807, 2.05) is 0 Å². The highest BCUT2D eigenvalue weighted by molar-refractivity contribution is 4.64. The molecule has 0 bridgehead atoms. The Bertz CT molecular complexity index is 83.7. The normalized spacial score (nSPS) is 20.1. The minimum atomic E-state index is -0.645. The molecule has 1 aliphatic rings. The quantitative estimate of drug-likeness (QED) is 0.550. The van der Waals surface area contributed by atoms with Crippen LogP contribution >= 0.6 is 0 Å². The number of nitrogens with zero attached hydrogens (tertiary/aromatic N) is 1. The number of ether oxygens (including phenoxy) is 1. The molecule has 1 rings (SSSR count). The third kappa shape index (κ3) is 2.62. The van der Waals surface area contributed by atoms with E-state index >= 15 is 0 Å². The van der Waals surface area contributed by atoms with Crippen LogP contribution in [0.25, 0.3) is 0 Å². The van der Waals surface area contributed by atoms with Gasteiger partial charge in [-0.15, -0.1) is 0 Å². The van der Waals surface area contributed by atoms with Crippen molar-refractivity contribution in [3.8, 4) is 0 Å². The van der Waals surface area contributed by atoms with E-state index in [2.05, 4.69) is 9.64 Å². The van der Waals surface area contributed by atoms with Crippen molar-refractivity contribution >= 4 is 0 Å². The van der Waals surface area contributed by atoms with E-state index in [9.17, 15) is 4.39 Å². The maximum Gasteiger partial charge on any atom is 0.188 e. The highest BCUT2D eigenvalue weighted by Gasteiger charge is 2.09. The summed E-state index contributed by atoms with van der Waals surface area (Å²) in [6.45, 7) is 3.11. The molecule has 1 aliphatic heterocycles. The lowest BCUT2D eigenvalue weighted by Crippen LogP contribution is -2.23. The summed E-state index contributed by atoms with van der Waals surface area (Å²) in [5.41, 5.74) is 0. The molecule has 3 heteroatoms. The molecule has 0 radical (unpaired) electrons. The monoisotopic (exact) mass is 147 g/mol. The molecule has 0 aromatic rings. The van der Waals surface area contributed by atoms with Crippen molar-refractivity contribution in [2.45, 2.75) is 12.8 Å². The van der Waals surface area contributed by atoms with Crippen LogP contribution in [0, 0.1) is 0 Å². The van der Waals surface area contributed by atoms with Crippen LogP contribution in [0.3, 0.4) is 0 Å².